The van der Waals surface area contributed by atoms with Gasteiger partial charge in [-0.05, 0) is 26.8 Å². The summed E-state index contributed by atoms with van der Waals surface area (Å²) in [4.78, 5) is 0. The molecule has 1 aromatic heterocycles. The third-order valence-corrected chi connectivity index (χ3v) is 4.35. The second kappa shape index (κ2) is 5.11. The van der Waals surface area contributed by atoms with E-state index in [4.69, 9.17) is 9.84 Å². The number of ether oxygens (including phenoxy) is 1. The van der Waals surface area contributed by atoms with Crippen molar-refractivity contribution in [2.45, 2.75) is 57.8 Å². The molecule has 4 nitrogen and oxygen atoms in total. The predicted molar refractivity (Wildman–Crippen MR) is 83.3 cm³/mol. The van der Waals surface area contributed by atoms with Crippen molar-refractivity contribution >= 4 is 10.9 Å². The molecule has 1 N–H and O–H groups in total. The summed E-state index contributed by atoms with van der Waals surface area (Å²) >= 11 is 0. The maximum atomic E-state index is 11.0. The summed E-state index contributed by atoms with van der Waals surface area (Å²) in [6.07, 6.45) is 1.91. The predicted octanol–water partition coefficient (Wildman–Crippen LogP) is 2.92. The third kappa shape index (κ3) is 2.83. The largest absolute Gasteiger partial charge is 0.389 e. The summed E-state index contributed by atoms with van der Waals surface area (Å²) in [7, 11) is 0. The Balaban J connectivity index is 1.94. The van der Waals surface area contributed by atoms with E-state index >= 15 is 0 Å². The van der Waals surface area contributed by atoms with Crippen LogP contribution in [0.1, 0.15) is 39.3 Å². The molecule has 1 unspecified atom stereocenters. The Hall–Kier alpha value is -1.39. The van der Waals surface area contributed by atoms with Gasteiger partial charge in [0.05, 0.1) is 29.0 Å². The van der Waals surface area contributed by atoms with Gasteiger partial charge in [0.2, 0.25) is 0 Å². The summed E-state index contributed by atoms with van der Waals surface area (Å²) in [6, 6.07) is 8.25. The van der Waals surface area contributed by atoms with Crippen molar-refractivity contribution in [3.8, 4) is 0 Å². The molecule has 1 fully saturated rings. The van der Waals surface area contributed by atoms with E-state index < -0.39 is 5.60 Å². The van der Waals surface area contributed by atoms with Gasteiger partial charge in [-0.3, -0.25) is 4.68 Å². The second-order valence-corrected chi connectivity index (χ2v) is 6.72. The van der Waals surface area contributed by atoms with Crippen molar-refractivity contribution < 1.29 is 9.84 Å². The molecule has 3 rings (SSSR count). The van der Waals surface area contributed by atoms with Gasteiger partial charge in [0.1, 0.15) is 0 Å². The second-order valence-electron chi connectivity index (χ2n) is 6.72. The molecule has 0 amide bonds. The average molecular weight is 288 g/mol. The minimum absolute atomic E-state index is 0.268. The van der Waals surface area contributed by atoms with Crippen molar-refractivity contribution in [1.82, 2.24) is 9.78 Å². The standard InChI is InChI=1S/C17H24N2O2/c1-4-19-15-8-6-5-7-13(15)14(18-19)11-17(20)9-10-21-16(2,3)12-17/h5-8,20H,4,9-12H2,1-3H3. The molecule has 1 aromatic carbocycles. The van der Waals surface area contributed by atoms with Gasteiger partial charge in [-0.15, -0.1) is 0 Å². The number of fused-ring (bicyclic) bond motifs is 1. The molecule has 0 spiro atoms. The van der Waals surface area contributed by atoms with Crippen LogP contribution in [-0.4, -0.2) is 32.7 Å². The van der Waals surface area contributed by atoms with E-state index in [0.717, 1.165) is 23.1 Å². The van der Waals surface area contributed by atoms with Gasteiger partial charge in [0.15, 0.2) is 0 Å². The van der Waals surface area contributed by atoms with Crippen LogP contribution in [-0.2, 0) is 17.7 Å². The number of aryl methyl sites for hydroxylation is 1. The number of aliphatic hydroxyl groups is 1. The first-order chi connectivity index (χ1) is 9.92. The highest BCUT2D eigenvalue weighted by Crippen LogP contribution is 2.35. The maximum Gasteiger partial charge on any atom is 0.0753 e. The average Bonchev–Trinajstić information content (AvgIpc) is 2.75. The molecule has 0 aliphatic carbocycles. The molecule has 0 radical (unpaired) electrons. The summed E-state index contributed by atoms with van der Waals surface area (Å²) in [5, 5.41) is 16.8. The summed E-state index contributed by atoms with van der Waals surface area (Å²) in [5.41, 5.74) is 1.14. The van der Waals surface area contributed by atoms with Crippen LogP contribution in [0, 0.1) is 0 Å². The molecule has 0 saturated carbocycles. The molecular formula is C17H24N2O2. The molecule has 21 heavy (non-hydrogen) atoms. The van der Waals surface area contributed by atoms with Crippen molar-refractivity contribution in [1.29, 1.82) is 0 Å². The number of para-hydroxylation sites is 1. The van der Waals surface area contributed by atoms with Gasteiger partial charge in [-0.1, -0.05) is 18.2 Å². The molecule has 1 aliphatic rings. The van der Waals surface area contributed by atoms with E-state index in [1.54, 1.807) is 0 Å². The van der Waals surface area contributed by atoms with Crippen LogP contribution in [0.4, 0.5) is 0 Å². The van der Waals surface area contributed by atoms with Crippen LogP contribution in [0.5, 0.6) is 0 Å². The van der Waals surface area contributed by atoms with E-state index in [0.29, 0.717) is 25.9 Å². The van der Waals surface area contributed by atoms with E-state index in [1.165, 1.54) is 0 Å². The molecular weight excluding hydrogens is 264 g/mol. The quantitative estimate of drug-likeness (QED) is 0.944. The Morgan fingerprint density at radius 2 is 2.10 bits per heavy atom. The van der Waals surface area contributed by atoms with Crippen LogP contribution in [0.2, 0.25) is 0 Å². The van der Waals surface area contributed by atoms with E-state index in [-0.39, 0.29) is 5.60 Å². The fourth-order valence-corrected chi connectivity index (χ4v) is 3.48. The van der Waals surface area contributed by atoms with Gasteiger partial charge < -0.3 is 9.84 Å². The lowest BCUT2D eigenvalue weighted by molar-refractivity contribution is -0.143. The van der Waals surface area contributed by atoms with E-state index in [2.05, 4.69) is 19.1 Å². The molecule has 2 aromatic rings. The Kier molecular flexibility index (Phi) is 3.54. The Bertz CT molecular complexity index is 647. The van der Waals surface area contributed by atoms with Gasteiger partial charge >= 0.3 is 0 Å². The normalized spacial score (nSPS) is 25.3. The summed E-state index contributed by atoms with van der Waals surface area (Å²) in [5.74, 6) is 0. The van der Waals surface area contributed by atoms with Crippen molar-refractivity contribution in [3.05, 3.63) is 30.0 Å². The monoisotopic (exact) mass is 288 g/mol. The zero-order valence-corrected chi connectivity index (χ0v) is 13.1. The first-order valence-corrected chi connectivity index (χ1v) is 7.73. The fourth-order valence-electron chi connectivity index (χ4n) is 3.48. The van der Waals surface area contributed by atoms with Crippen molar-refractivity contribution in [2.24, 2.45) is 0 Å². The number of hydrogen-bond donors (Lipinski definition) is 1. The highest BCUT2D eigenvalue weighted by molar-refractivity contribution is 5.82. The zero-order valence-electron chi connectivity index (χ0n) is 13.1. The number of nitrogens with zero attached hydrogens (tertiary/aromatic N) is 2. The molecule has 1 saturated heterocycles. The first kappa shape index (κ1) is 14.5. The van der Waals surface area contributed by atoms with Gasteiger partial charge in [0.25, 0.3) is 0 Å². The van der Waals surface area contributed by atoms with Gasteiger partial charge in [0, 0.05) is 31.2 Å². The van der Waals surface area contributed by atoms with Crippen molar-refractivity contribution in [3.63, 3.8) is 0 Å². The first-order valence-electron chi connectivity index (χ1n) is 7.73. The Morgan fingerprint density at radius 1 is 1.33 bits per heavy atom. The summed E-state index contributed by atoms with van der Waals surface area (Å²) < 4.78 is 7.74. The lowest BCUT2D eigenvalue weighted by Crippen LogP contribution is -2.47. The lowest BCUT2D eigenvalue weighted by Gasteiger charge is -2.41. The summed E-state index contributed by atoms with van der Waals surface area (Å²) in [6.45, 7) is 7.62. The Morgan fingerprint density at radius 3 is 2.81 bits per heavy atom. The zero-order chi connectivity index (χ0) is 15.1. The van der Waals surface area contributed by atoms with Crippen LogP contribution in [0.3, 0.4) is 0 Å². The lowest BCUT2D eigenvalue weighted by atomic mass is 9.81. The molecule has 2 heterocycles. The molecule has 114 valence electrons. The minimum Gasteiger partial charge on any atom is -0.389 e. The number of benzene rings is 1. The molecule has 1 atom stereocenters. The third-order valence-electron chi connectivity index (χ3n) is 4.35. The maximum absolute atomic E-state index is 11.0. The Labute approximate surface area is 125 Å². The smallest absolute Gasteiger partial charge is 0.0753 e. The van der Waals surface area contributed by atoms with Crippen LogP contribution in [0.25, 0.3) is 10.9 Å². The number of hydrogen-bond acceptors (Lipinski definition) is 3. The van der Waals surface area contributed by atoms with Crippen molar-refractivity contribution in [2.75, 3.05) is 6.61 Å². The molecule has 1 aliphatic heterocycles. The van der Waals surface area contributed by atoms with Gasteiger partial charge in [-0.2, -0.15) is 5.10 Å². The highest BCUT2D eigenvalue weighted by Gasteiger charge is 2.40. The van der Waals surface area contributed by atoms with Gasteiger partial charge in [-0.25, -0.2) is 0 Å². The SMILES string of the molecule is CCn1nc(CC2(O)CCOC(C)(C)C2)c2ccccc21. The van der Waals surface area contributed by atoms with Crippen LogP contribution >= 0.6 is 0 Å². The molecule has 0 bridgehead atoms. The van der Waals surface area contributed by atoms with E-state index in [9.17, 15) is 5.11 Å². The fraction of sp³-hybridized carbons (Fsp3) is 0.588. The number of aromatic nitrogens is 2. The van der Waals surface area contributed by atoms with Crippen LogP contribution in [0.15, 0.2) is 24.3 Å². The minimum atomic E-state index is -0.725. The van der Waals surface area contributed by atoms with Crippen LogP contribution < -0.4 is 0 Å². The van der Waals surface area contributed by atoms with E-state index in [1.807, 2.05) is 30.7 Å². The topological polar surface area (TPSA) is 47.3 Å². The number of rotatable bonds is 3. The highest BCUT2D eigenvalue weighted by atomic mass is 16.5. The molecule has 4 heteroatoms.